The highest BCUT2D eigenvalue weighted by Crippen LogP contribution is 2.18. The van der Waals surface area contributed by atoms with Gasteiger partial charge in [-0.2, -0.15) is 4.52 Å². The summed E-state index contributed by atoms with van der Waals surface area (Å²) in [6.07, 6.45) is 0. The Morgan fingerprint density at radius 2 is 1.61 bits per heavy atom. The van der Waals surface area contributed by atoms with E-state index in [9.17, 15) is 9.59 Å². The molecule has 31 heavy (non-hydrogen) atoms. The van der Waals surface area contributed by atoms with Crippen LogP contribution in [0.25, 0.3) is 17.0 Å². The predicted molar refractivity (Wildman–Crippen MR) is 113 cm³/mol. The number of hydrogen-bond acceptors (Lipinski definition) is 6. The molecule has 9 nitrogen and oxygen atoms in total. The van der Waals surface area contributed by atoms with Crippen LogP contribution >= 0.6 is 0 Å². The van der Waals surface area contributed by atoms with Crippen LogP contribution in [0.5, 0.6) is 5.88 Å². The number of nitrogens with one attached hydrogen (secondary N) is 2. The van der Waals surface area contributed by atoms with E-state index in [4.69, 9.17) is 4.74 Å². The zero-order chi connectivity index (χ0) is 21.5. The molecule has 4 rings (SSSR count). The fraction of sp³-hybridized carbons (Fsp3) is 0.136. The van der Waals surface area contributed by atoms with E-state index in [1.807, 2.05) is 36.4 Å². The molecule has 0 unspecified atom stereocenters. The molecule has 0 atom stereocenters. The molecule has 4 aromatic rings. The van der Waals surface area contributed by atoms with Crippen molar-refractivity contribution >= 4 is 17.5 Å². The minimum Gasteiger partial charge on any atom is -0.475 e. The zero-order valence-electron chi connectivity index (χ0n) is 16.6. The van der Waals surface area contributed by atoms with Gasteiger partial charge in [0.1, 0.15) is 6.61 Å². The predicted octanol–water partition coefficient (Wildman–Crippen LogP) is 1.72. The first-order valence-electron chi connectivity index (χ1n) is 9.71. The first kappa shape index (κ1) is 20.0. The SMILES string of the molecule is O=C(CNC(=O)c1ccccc1)NCCOc1ccc2nnc(-c3ccccc3)n2n1. The number of benzene rings is 2. The maximum Gasteiger partial charge on any atom is 0.251 e. The van der Waals surface area contributed by atoms with Crippen molar-refractivity contribution in [1.82, 2.24) is 30.4 Å². The number of fused-ring (bicyclic) bond motifs is 1. The number of ether oxygens (including phenoxy) is 1. The topological polar surface area (TPSA) is 111 Å². The van der Waals surface area contributed by atoms with E-state index in [2.05, 4.69) is 25.9 Å². The smallest absolute Gasteiger partial charge is 0.251 e. The Labute approximate surface area is 178 Å². The minimum atomic E-state index is -0.304. The van der Waals surface area contributed by atoms with E-state index in [1.54, 1.807) is 40.9 Å². The first-order valence-corrected chi connectivity index (χ1v) is 9.71. The molecule has 2 N–H and O–H groups in total. The molecule has 2 heterocycles. The van der Waals surface area contributed by atoms with Crippen molar-refractivity contribution in [3.8, 4) is 17.3 Å². The van der Waals surface area contributed by atoms with Crippen LogP contribution in [0.2, 0.25) is 0 Å². The quantitative estimate of drug-likeness (QED) is 0.423. The molecule has 0 spiro atoms. The number of carbonyl (C=O) groups excluding carboxylic acids is 2. The number of rotatable bonds is 8. The molecule has 2 aromatic carbocycles. The lowest BCUT2D eigenvalue weighted by Gasteiger charge is -2.08. The number of amides is 2. The third-order valence-corrected chi connectivity index (χ3v) is 4.39. The average Bonchev–Trinajstić information content (AvgIpc) is 3.25. The van der Waals surface area contributed by atoms with Crippen LogP contribution in [0.1, 0.15) is 10.4 Å². The van der Waals surface area contributed by atoms with Crippen molar-refractivity contribution in [2.45, 2.75) is 0 Å². The van der Waals surface area contributed by atoms with E-state index in [0.29, 0.717) is 22.9 Å². The second-order valence-electron chi connectivity index (χ2n) is 6.58. The van der Waals surface area contributed by atoms with Crippen molar-refractivity contribution in [3.63, 3.8) is 0 Å². The van der Waals surface area contributed by atoms with Crippen molar-refractivity contribution in [1.29, 1.82) is 0 Å². The van der Waals surface area contributed by atoms with E-state index >= 15 is 0 Å². The highest BCUT2D eigenvalue weighted by molar-refractivity contribution is 5.96. The van der Waals surface area contributed by atoms with Crippen LogP contribution < -0.4 is 15.4 Å². The van der Waals surface area contributed by atoms with E-state index < -0.39 is 0 Å². The molecule has 0 aliphatic rings. The summed E-state index contributed by atoms with van der Waals surface area (Å²) in [5.74, 6) is 0.397. The van der Waals surface area contributed by atoms with Crippen LogP contribution in [0.15, 0.2) is 72.8 Å². The lowest BCUT2D eigenvalue weighted by molar-refractivity contribution is -0.120. The van der Waals surface area contributed by atoms with Gasteiger partial charge < -0.3 is 15.4 Å². The molecular formula is C22H20N6O3. The number of nitrogens with zero attached hydrogens (tertiary/aromatic N) is 4. The lowest BCUT2D eigenvalue weighted by atomic mass is 10.2. The van der Waals surface area contributed by atoms with E-state index in [-0.39, 0.29) is 31.5 Å². The molecule has 0 aliphatic carbocycles. The van der Waals surface area contributed by atoms with Crippen LogP contribution in [0, 0.1) is 0 Å². The van der Waals surface area contributed by atoms with Crippen LogP contribution in [0.3, 0.4) is 0 Å². The number of hydrogen-bond donors (Lipinski definition) is 2. The molecule has 0 bridgehead atoms. The van der Waals surface area contributed by atoms with Gasteiger partial charge in [0.25, 0.3) is 5.91 Å². The van der Waals surface area contributed by atoms with Gasteiger partial charge in [0.05, 0.1) is 13.1 Å². The van der Waals surface area contributed by atoms with Gasteiger partial charge >= 0.3 is 0 Å². The highest BCUT2D eigenvalue weighted by atomic mass is 16.5. The van der Waals surface area contributed by atoms with Crippen LogP contribution in [-0.2, 0) is 4.79 Å². The second kappa shape index (κ2) is 9.49. The lowest BCUT2D eigenvalue weighted by Crippen LogP contribution is -2.38. The fourth-order valence-electron chi connectivity index (χ4n) is 2.88. The molecular weight excluding hydrogens is 396 g/mol. The molecule has 9 heteroatoms. The summed E-state index contributed by atoms with van der Waals surface area (Å²) in [6.45, 7) is 0.381. The Morgan fingerprint density at radius 1 is 0.871 bits per heavy atom. The standard InChI is InChI=1S/C22H20N6O3/c29-19(15-24-22(30)17-9-5-2-6-10-17)23-13-14-31-20-12-11-18-25-26-21(28(18)27-20)16-7-3-1-4-8-16/h1-12H,13-15H2,(H,23,29)(H,24,30). The van der Waals surface area contributed by atoms with E-state index in [0.717, 1.165) is 5.56 Å². The summed E-state index contributed by atoms with van der Waals surface area (Å²) in [4.78, 5) is 23.9. The second-order valence-corrected chi connectivity index (χ2v) is 6.58. The third kappa shape index (κ3) is 5.02. The van der Waals surface area contributed by atoms with E-state index in [1.165, 1.54) is 0 Å². The Kier molecular flexibility index (Phi) is 6.13. The zero-order valence-corrected chi connectivity index (χ0v) is 16.6. The molecule has 0 saturated carbocycles. The van der Waals surface area contributed by atoms with Gasteiger partial charge in [-0.05, 0) is 18.2 Å². The molecule has 0 saturated heterocycles. The van der Waals surface area contributed by atoms with Crippen molar-refractivity contribution in [2.24, 2.45) is 0 Å². The van der Waals surface area contributed by atoms with Crippen molar-refractivity contribution < 1.29 is 14.3 Å². The largest absolute Gasteiger partial charge is 0.475 e. The van der Waals surface area contributed by atoms with Crippen LogP contribution in [0.4, 0.5) is 0 Å². The Balaban J connectivity index is 1.26. The summed E-state index contributed by atoms with van der Waals surface area (Å²) in [5, 5.41) is 18.0. The molecule has 0 radical (unpaired) electrons. The maximum absolute atomic E-state index is 11.9. The summed E-state index contributed by atoms with van der Waals surface area (Å²) in [5.41, 5.74) is 2.00. The summed E-state index contributed by atoms with van der Waals surface area (Å²) in [7, 11) is 0. The molecule has 2 aromatic heterocycles. The van der Waals surface area contributed by atoms with Gasteiger partial charge in [-0.15, -0.1) is 15.3 Å². The molecule has 0 fully saturated rings. The van der Waals surface area contributed by atoms with Gasteiger partial charge in [0, 0.05) is 17.2 Å². The monoisotopic (exact) mass is 416 g/mol. The first-order chi connectivity index (χ1) is 15.2. The summed E-state index contributed by atoms with van der Waals surface area (Å²) >= 11 is 0. The third-order valence-electron chi connectivity index (χ3n) is 4.39. The van der Waals surface area contributed by atoms with Gasteiger partial charge in [-0.3, -0.25) is 9.59 Å². The molecule has 0 aliphatic heterocycles. The number of carbonyl (C=O) groups is 2. The Morgan fingerprint density at radius 3 is 2.39 bits per heavy atom. The Bertz CT molecular complexity index is 1180. The Hall–Kier alpha value is -4.27. The fourth-order valence-corrected chi connectivity index (χ4v) is 2.88. The highest BCUT2D eigenvalue weighted by Gasteiger charge is 2.10. The number of aromatic nitrogens is 4. The summed E-state index contributed by atoms with van der Waals surface area (Å²) < 4.78 is 7.24. The van der Waals surface area contributed by atoms with Gasteiger partial charge in [0.15, 0.2) is 11.5 Å². The van der Waals surface area contributed by atoms with Gasteiger partial charge in [-0.1, -0.05) is 48.5 Å². The molecule has 156 valence electrons. The van der Waals surface area contributed by atoms with Gasteiger partial charge in [0.2, 0.25) is 11.8 Å². The summed E-state index contributed by atoms with van der Waals surface area (Å²) in [6, 6.07) is 21.8. The van der Waals surface area contributed by atoms with Crippen molar-refractivity contribution in [2.75, 3.05) is 19.7 Å². The minimum absolute atomic E-state index is 0.112. The maximum atomic E-state index is 11.9. The normalized spacial score (nSPS) is 10.6. The van der Waals surface area contributed by atoms with Crippen LogP contribution in [-0.4, -0.2) is 51.3 Å². The average molecular weight is 416 g/mol. The van der Waals surface area contributed by atoms with Crippen molar-refractivity contribution in [3.05, 3.63) is 78.4 Å². The van der Waals surface area contributed by atoms with Gasteiger partial charge in [-0.25, -0.2) is 0 Å². The molecule has 2 amide bonds.